The lowest BCUT2D eigenvalue weighted by Crippen LogP contribution is -2.45. The molecule has 1 aromatic carbocycles. The molecule has 1 N–H and O–H groups in total. The Morgan fingerprint density at radius 2 is 1.92 bits per heavy atom. The molecule has 2 aromatic heterocycles. The van der Waals surface area contributed by atoms with Crippen LogP contribution < -0.4 is 5.32 Å². The third-order valence-electron chi connectivity index (χ3n) is 8.00. The Morgan fingerprint density at radius 1 is 1.15 bits per heavy atom. The molecule has 0 spiro atoms. The van der Waals surface area contributed by atoms with Crippen LogP contribution in [0, 0.1) is 11.8 Å². The topological polar surface area (TPSA) is 94.0 Å². The minimum absolute atomic E-state index is 0.00129. The Balaban J connectivity index is 1.49. The highest BCUT2D eigenvalue weighted by molar-refractivity contribution is 7.18. The van der Waals surface area contributed by atoms with Crippen LogP contribution in [0.1, 0.15) is 106 Å². The average molecular weight is 551 g/mol. The van der Waals surface area contributed by atoms with Gasteiger partial charge in [-0.3, -0.25) is 14.4 Å². The first-order valence-corrected chi connectivity index (χ1v) is 15.3. The van der Waals surface area contributed by atoms with Gasteiger partial charge in [0.05, 0.1) is 27.5 Å². The summed E-state index contributed by atoms with van der Waals surface area (Å²) in [5.41, 5.74) is 2.67. The summed E-state index contributed by atoms with van der Waals surface area (Å²) in [6.07, 6.45) is 11.0. The number of fused-ring (bicyclic) bond motifs is 1. The van der Waals surface area contributed by atoms with Crippen molar-refractivity contribution in [2.24, 2.45) is 18.9 Å². The van der Waals surface area contributed by atoms with Crippen molar-refractivity contribution in [2.75, 3.05) is 0 Å². The van der Waals surface area contributed by atoms with Gasteiger partial charge in [-0.15, -0.1) is 11.3 Å². The maximum Gasteiger partial charge on any atom is 0.224 e. The number of rotatable bonds is 13. The summed E-state index contributed by atoms with van der Waals surface area (Å²) in [7, 11) is 1.85. The van der Waals surface area contributed by atoms with Crippen LogP contribution in [-0.4, -0.2) is 38.1 Å². The Morgan fingerprint density at radius 3 is 2.59 bits per heavy atom. The fraction of sp³-hybridized carbons (Fsp3) is 0.581. The zero-order chi connectivity index (χ0) is 27.9. The van der Waals surface area contributed by atoms with Crippen LogP contribution in [0.15, 0.2) is 30.7 Å². The van der Waals surface area contributed by atoms with E-state index in [0.717, 1.165) is 40.9 Å². The third-order valence-corrected chi connectivity index (χ3v) is 9.04. The first kappa shape index (κ1) is 29.1. The molecule has 1 saturated carbocycles. The molecule has 7 nitrogen and oxygen atoms in total. The molecule has 3 aromatic rings. The van der Waals surface area contributed by atoms with Crippen molar-refractivity contribution >= 4 is 39.0 Å². The summed E-state index contributed by atoms with van der Waals surface area (Å²) in [5.74, 6) is 0.289. The maximum atomic E-state index is 13.7. The molecule has 2 heterocycles. The lowest BCUT2D eigenvalue weighted by Gasteiger charge is -2.32. The molecule has 0 bridgehead atoms. The van der Waals surface area contributed by atoms with Crippen molar-refractivity contribution in [3.8, 4) is 0 Å². The summed E-state index contributed by atoms with van der Waals surface area (Å²) in [4.78, 5) is 48.1. The first-order chi connectivity index (χ1) is 18.7. The predicted molar refractivity (Wildman–Crippen MR) is 156 cm³/mol. The number of hydrogen-bond donors (Lipinski definition) is 1. The number of aryl methyl sites for hydroxylation is 1. The van der Waals surface area contributed by atoms with Crippen LogP contribution in [-0.2, 0) is 23.1 Å². The van der Waals surface area contributed by atoms with E-state index in [1.807, 2.05) is 14.0 Å². The number of carbonyl (C=O) groups excluding carboxylic acids is 3. The predicted octanol–water partition coefficient (Wildman–Crippen LogP) is 6.41. The monoisotopic (exact) mass is 550 g/mol. The Kier molecular flexibility index (Phi) is 10.1. The van der Waals surface area contributed by atoms with Crippen LogP contribution in [0.5, 0.6) is 0 Å². The van der Waals surface area contributed by atoms with Gasteiger partial charge in [0.1, 0.15) is 11.5 Å². The highest BCUT2D eigenvalue weighted by Gasteiger charge is 2.30. The molecule has 1 aliphatic carbocycles. The van der Waals surface area contributed by atoms with Crippen molar-refractivity contribution in [1.82, 2.24) is 19.9 Å². The maximum absolute atomic E-state index is 13.7. The highest BCUT2D eigenvalue weighted by atomic mass is 32.1. The van der Waals surface area contributed by atoms with Crippen molar-refractivity contribution in [3.05, 3.63) is 47.0 Å². The molecule has 0 saturated heterocycles. The summed E-state index contributed by atoms with van der Waals surface area (Å²) in [6, 6.07) is 6.26. The van der Waals surface area contributed by atoms with Crippen LogP contribution in [0.3, 0.4) is 0 Å². The largest absolute Gasteiger partial charge is 0.353 e. The number of benzene rings is 1. The van der Waals surface area contributed by atoms with E-state index < -0.39 is 5.92 Å². The van der Waals surface area contributed by atoms with Crippen molar-refractivity contribution in [2.45, 2.75) is 96.9 Å². The summed E-state index contributed by atoms with van der Waals surface area (Å²) >= 11 is 1.61. The lowest BCUT2D eigenvalue weighted by molar-refractivity contribution is -0.130. The van der Waals surface area contributed by atoms with Crippen molar-refractivity contribution < 1.29 is 14.4 Å². The van der Waals surface area contributed by atoms with Crippen LogP contribution >= 0.6 is 11.3 Å². The lowest BCUT2D eigenvalue weighted by atomic mass is 9.81. The second-order valence-electron chi connectivity index (χ2n) is 11.4. The number of Topliss-reactive ketones (excluding diaryl/α,β-unsaturated/α-hetero) is 2. The van der Waals surface area contributed by atoms with Gasteiger partial charge < -0.3 is 9.88 Å². The van der Waals surface area contributed by atoms with Crippen molar-refractivity contribution in [1.29, 1.82) is 0 Å². The fourth-order valence-corrected chi connectivity index (χ4v) is 6.65. The van der Waals surface area contributed by atoms with E-state index in [-0.39, 0.29) is 29.9 Å². The SMILES string of the molecule is CCC(=O)C[C@@H](Cc1nc2ccc(C(C)C)cc2s1)C(=O)N[C@H](CCC(=O)c1cn(C)cn1)C1CCCCC1. The molecule has 1 fully saturated rings. The summed E-state index contributed by atoms with van der Waals surface area (Å²) < 4.78 is 2.89. The number of nitrogens with one attached hydrogen (secondary N) is 1. The number of aromatic nitrogens is 3. The van der Waals surface area contributed by atoms with E-state index in [9.17, 15) is 14.4 Å². The second kappa shape index (κ2) is 13.5. The number of ketones is 2. The molecule has 210 valence electrons. The number of carbonyl (C=O) groups is 3. The summed E-state index contributed by atoms with van der Waals surface area (Å²) in [6.45, 7) is 6.19. The van der Waals surface area contributed by atoms with E-state index in [1.54, 1.807) is 28.4 Å². The van der Waals surface area contributed by atoms with Crippen LogP contribution in [0.2, 0.25) is 0 Å². The van der Waals surface area contributed by atoms with Gasteiger partial charge in [0, 0.05) is 45.0 Å². The molecule has 2 atom stereocenters. The zero-order valence-electron chi connectivity index (χ0n) is 23.7. The van der Waals surface area contributed by atoms with Crippen LogP contribution in [0.4, 0.5) is 0 Å². The van der Waals surface area contributed by atoms with Gasteiger partial charge in [0.15, 0.2) is 5.78 Å². The number of hydrogen-bond acceptors (Lipinski definition) is 6. The Bertz CT molecular complexity index is 1290. The summed E-state index contributed by atoms with van der Waals surface area (Å²) in [5, 5.41) is 4.20. The zero-order valence-corrected chi connectivity index (χ0v) is 24.6. The Labute approximate surface area is 235 Å². The van der Waals surface area contributed by atoms with Gasteiger partial charge in [-0.2, -0.15) is 0 Å². The quantitative estimate of drug-likeness (QED) is 0.248. The van der Waals surface area contributed by atoms with Gasteiger partial charge in [-0.05, 0) is 48.8 Å². The number of nitrogens with zero attached hydrogens (tertiary/aromatic N) is 3. The van der Waals surface area contributed by atoms with Gasteiger partial charge in [0.2, 0.25) is 5.91 Å². The molecule has 39 heavy (non-hydrogen) atoms. The molecular formula is C31H42N4O3S. The molecular weight excluding hydrogens is 508 g/mol. The van der Waals surface area contributed by atoms with E-state index >= 15 is 0 Å². The van der Waals surface area contributed by atoms with Gasteiger partial charge in [-0.1, -0.05) is 46.1 Å². The molecule has 0 aliphatic heterocycles. The minimum Gasteiger partial charge on any atom is -0.353 e. The van der Waals surface area contributed by atoms with E-state index in [4.69, 9.17) is 4.98 Å². The highest BCUT2D eigenvalue weighted by Crippen LogP contribution is 2.31. The number of imidazole rings is 1. The van der Waals surface area contributed by atoms with Crippen molar-refractivity contribution in [3.63, 3.8) is 0 Å². The molecule has 1 amide bonds. The normalized spacial score (nSPS) is 15.9. The average Bonchev–Trinajstić information content (AvgIpc) is 3.55. The van der Waals surface area contributed by atoms with Gasteiger partial charge in [0.25, 0.3) is 0 Å². The Hall–Kier alpha value is -2.87. The smallest absolute Gasteiger partial charge is 0.224 e. The van der Waals surface area contributed by atoms with Crippen LogP contribution in [0.25, 0.3) is 10.2 Å². The molecule has 0 radical (unpaired) electrons. The van der Waals surface area contributed by atoms with Gasteiger partial charge in [-0.25, -0.2) is 9.97 Å². The molecule has 1 aliphatic rings. The first-order valence-electron chi connectivity index (χ1n) is 14.5. The molecule has 4 rings (SSSR count). The van der Waals surface area contributed by atoms with E-state index in [0.29, 0.717) is 43.2 Å². The number of thiazole rings is 1. The fourth-order valence-electron chi connectivity index (χ4n) is 5.56. The third kappa shape index (κ3) is 7.84. The van der Waals surface area contributed by atoms with E-state index in [2.05, 4.69) is 42.3 Å². The number of amides is 1. The standard InChI is InChI=1S/C31H42N4O3S/c1-5-24(36)15-23(17-30-33-26-12-11-22(20(2)3)16-29(26)39-30)31(38)34-25(21-9-7-6-8-10-21)13-14-28(37)27-18-35(4)19-32-27/h11-12,16,18-21,23,25H,5-10,13-15,17H2,1-4H3,(H,34,38)/t23-,25+/m0/s1. The molecule has 0 unspecified atom stereocenters. The minimum atomic E-state index is -0.472. The second-order valence-corrected chi connectivity index (χ2v) is 12.5. The molecule has 8 heteroatoms. The van der Waals surface area contributed by atoms with Gasteiger partial charge >= 0.3 is 0 Å². The van der Waals surface area contributed by atoms with E-state index in [1.165, 1.54) is 12.0 Å².